The Labute approximate surface area is 82.3 Å². The number of amides is 2. The van der Waals surface area contributed by atoms with Crippen LogP contribution in [0.5, 0.6) is 0 Å². The molecule has 70 valence electrons. The van der Waals surface area contributed by atoms with Crippen molar-refractivity contribution < 1.29 is 9.59 Å². The summed E-state index contributed by atoms with van der Waals surface area (Å²) in [4.78, 5) is 21.9. The molecule has 0 fully saturated rings. The molecular formula is C6H12N2O2S2. The predicted octanol–water partition coefficient (Wildman–Crippen LogP) is -0.925. The van der Waals surface area contributed by atoms with E-state index in [-0.39, 0.29) is 11.8 Å². The van der Waals surface area contributed by atoms with E-state index >= 15 is 0 Å². The molecule has 0 aliphatic carbocycles. The summed E-state index contributed by atoms with van der Waals surface area (Å²) in [7, 11) is 2.96. The van der Waals surface area contributed by atoms with Gasteiger partial charge in [0.1, 0.15) is 10.5 Å². The van der Waals surface area contributed by atoms with Crippen molar-refractivity contribution in [1.29, 1.82) is 0 Å². The van der Waals surface area contributed by atoms with Crippen LogP contribution < -0.4 is 10.6 Å². The monoisotopic (exact) mass is 208 g/mol. The highest BCUT2D eigenvalue weighted by atomic mass is 32.1. The van der Waals surface area contributed by atoms with Gasteiger partial charge >= 0.3 is 0 Å². The van der Waals surface area contributed by atoms with Gasteiger partial charge in [0.2, 0.25) is 11.8 Å². The fraction of sp³-hybridized carbons (Fsp3) is 0.667. The Kier molecular flexibility index (Phi) is 5.16. The van der Waals surface area contributed by atoms with Crippen LogP contribution >= 0.6 is 25.3 Å². The number of carbonyl (C=O) groups excluding carboxylic acids is 2. The lowest BCUT2D eigenvalue weighted by molar-refractivity contribution is -0.124. The minimum Gasteiger partial charge on any atom is -0.358 e. The zero-order chi connectivity index (χ0) is 9.72. The molecule has 0 radical (unpaired) electrons. The molecular weight excluding hydrogens is 196 g/mol. The van der Waals surface area contributed by atoms with Crippen LogP contribution in [0.2, 0.25) is 0 Å². The molecule has 0 aromatic heterocycles. The number of hydrogen-bond donors (Lipinski definition) is 4. The van der Waals surface area contributed by atoms with Gasteiger partial charge in [0.25, 0.3) is 0 Å². The number of rotatable bonds is 3. The third kappa shape index (κ3) is 2.94. The molecule has 0 heterocycles. The molecule has 0 aromatic carbocycles. The third-order valence-electron chi connectivity index (χ3n) is 1.33. The van der Waals surface area contributed by atoms with E-state index in [2.05, 4.69) is 35.9 Å². The van der Waals surface area contributed by atoms with Gasteiger partial charge in [-0.15, -0.1) is 0 Å². The molecule has 0 rings (SSSR count). The van der Waals surface area contributed by atoms with Crippen molar-refractivity contribution in [1.82, 2.24) is 10.6 Å². The summed E-state index contributed by atoms with van der Waals surface area (Å²) in [6.07, 6.45) is 0. The van der Waals surface area contributed by atoms with Crippen LogP contribution in [0.25, 0.3) is 0 Å². The van der Waals surface area contributed by atoms with Crippen LogP contribution in [-0.4, -0.2) is 36.4 Å². The van der Waals surface area contributed by atoms with Crippen molar-refractivity contribution in [2.24, 2.45) is 0 Å². The minimum atomic E-state index is -0.724. The van der Waals surface area contributed by atoms with E-state index in [0.717, 1.165) is 0 Å². The summed E-state index contributed by atoms with van der Waals surface area (Å²) < 4.78 is 0. The van der Waals surface area contributed by atoms with Crippen molar-refractivity contribution in [3.63, 3.8) is 0 Å². The van der Waals surface area contributed by atoms with Gasteiger partial charge in [-0.25, -0.2) is 0 Å². The van der Waals surface area contributed by atoms with E-state index < -0.39 is 10.5 Å². The van der Waals surface area contributed by atoms with Crippen LogP contribution in [0.15, 0.2) is 0 Å². The molecule has 0 aromatic rings. The van der Waals surface area contributed by atoms with E-state index in [1.165, 1.54) is 14.1 Å². The largest absolute Gasteiger partial charge is 0.358 e. The second-order valence-electron chi connectivity index (χ2n) is 2.12. The Bertz CT molecular complexity index is 166. The van der Waals surface area contributed by atoms with Crippen LogP contribution in [0, 0.1) is 0 Å². The number of nitrogens with one attached hydrogen (secondary N) is 2. The molecule has 0 aliphatic heterocycles. The first-order chi connectivity index (χ1) is 5.54. The molecule has 6 heteroatoms. The summed E-state index contributed by atoms with van der Waals surface area (Å²) in [5, 5.41) is 3.31. The fourth-order valence-electron chi connectivity index (χ4n) is 0.583. The maximum Gasteiger partial charge on any atom is 0.234 e. The van der Waals surface area contributed by atoms with Gasteiger partial charge in [0, 0.05) is 14.1 Å². The number of thiol groups is 2. The first-order valence-corrected chi connectivity index (χ1v) is 4.37. The van der Waals surface area contributed by atoms with Crippen LogP contribution in [0.4, 0.5) is 0 Å². The molecule has 0 saturated heterocycles. The SMILES string of the molecule is CNC(=O)C(S)C(S)C(=O)NC. The Morgan fingerprint density at radius 2 is 1.25 bits per heavy atom. The highest BCUT2D eigenvalue weighted by Gasteiger charge is 2.26. The summed E-state index contributed by atoms with van der Waals surface area (Å²) in [5.74, 6) is -0.635. The van der Waals surface area contributed by atoms with Crippen LogP contribution in [0.3, 0.4) is 0 Å². The average Bonchev–Trinajstić information content (AvgIpc) is 2.12. The van der Waals surface area contributed by atoms with Gasteiger partial charge < -0.3 is 10.6 Å². The highest BCUT2D eigenvalue weighted by Crippen LogP contribution is 2.08. The van der Waals surface area contributed by atoms with Crippen molar-refractivity contribution in [2.75, 3.05) is 14.1 Å². The molecule has 0 aliphatic rings. The van der Waals surface area contributed by atoms with Crippen molar-refractivity contribution in [2.45, 2.75) is 10.5 Å². The van der Waals surface area contributed by atoms with Crippen molar-refractivity contribution >= 4 is 37.1 Å². The molecule has 2 unspecified atom stereocenters. The van der Waals surface area contributed by atoms with Crippen LogP contribution in [-0.2, 0) is 9.59 Å². The molecule has 2 N–H and O–H groups in total. The molecule has 2 amide bonds. The fourth-order valence-corrected chi connectivity index (χ4v) is 1.11. The lowest BCUT2D eigenvalue weighted by Gasteiger charge is -2.14. The highest BCUT2D eigenvalue weighted by molar-refractivity contribution is 7.86. The first-order valence-electron chi connectivity index (χ1n) is 3.34. The zero-order valence-electron chi connectivity index (χ0n) is 6.87. The summed E-state index contributed by atoms with van der Waals surface area (Å²) in [6.45, 7) is 0. The van der Waals surface area contributed by atoms with E-state index in [1.807, 2.05) is 0 Å². The van der Waals surface area contributed by atoms with Crippen molar-refractivity contribution in [3.8, 4) is 0 Å². The van der Waals surface area contributed by atoms with Crippen LogP contribution in [0.1, 0.15) is 0 Å². The van der Waals surface area contributed by atoms with Gasteiger partial charge in [-0.3, -0.25) is 9.59 Å². The molecule has 4 nitrogen and oxygen atoms in total. The van der Waals surface area contributed by atoms with Gasteiger partial charge in [-0.2, -0.15) is 25.3 Å². The summed E-state index contributed by atoms with van der Waals surface area (Å²) in [5.41, 5.74) is 0. The Balaban J connectivity index is 4.18. The lowest BCUT2D eigenvalue weighted by Crippen LogP contribution is -2.42. The molecule has 12 heavy (non-hydrogen) atoms. The quantitative estimate of drug-likeness (QED) is 0.453. The Hall–Kier alpha value is -0.360. The van der Waals surface area contributed by atoms with E-state index in [9.17, 15) is 9.59 Å². The third-order valence-corrected chi connectivity index (χ3v) is 2.63. The molecule has 0 saturated carbocycles. The molecule has 2 atom stereocenters. The minimum absolute atomic E-state index is 0.318. The Morgan fingerprint density at radius 3 is 1.42 bits per heavy atom. The van der Waals surface area contributed by atoms with E-state index in [1.54, 1.807) is 0 Å². The molecule has 0 bridgehead atoms. The second-order valence-corrected chi connectivity index (χ2v) is 3.23. The van der Waals surface area contributed by atoms with E-state index in [0.29, 0.717) is 0 Å². The Morgan fingerprint density at radius 1 is 1.00 bits per heavy atom. The van der Waals surface area contributed by atoms with Gasteiger partial charge in [-0.05, 0) is 0 Å². The van der Waals surface area contributed by atoms with Gasteiger partial charge in [0.05, 0.1) is 0 Å². The average molecular weight is 208 g/mol. The van der Waals surface area contributed by atoms with Crippen molar-refractivity contribution in [3.05, 3.63) is 0 Å². The smallest absolute Gasteiger partial charge is 0.234 e. The topological polar surface area (TPSA) is 58.2 Å². The van der Waals surface area contributed by atoms with Gasteiger partial charge in [0.15, 0.2) is 0 Å². The number of hydrogen-bond acceptors (Lipinski definition) is 4. The first kappa shape index (κ1) is 11.6. The maximum absolute atomic E-state index is 11.0. The number of carbonyl (C=O) groups is 2. The lowest BCUT2D eigenvalue weighted by atomic mass is 10.2. The normalized spacial score (nSPS) is 14.7. The van der Waals surface area contributed by atoms with E-state index in [4.69, 9.17) is 0 Å². The zero-order valence-corrected chi connectivity index (χ0v) is 8.65. The maximum atomic E-state index is 11.0. The second kappa shape index (κ2) is 5.31. The predicted molar refractivity (Wildman–Crippen MR) is 53.7 cm³/mol. The summed E-state index contributed by atoms with van der Waals surface area (Å²) in [6, 6.07) is 0. The van der Waals surface area contributed by atoms with Gasteiger partial charge in [-0.1, -0.05) is 0 Å². The molecule has 0 spiro atoms. The standard InChI is InChI=1S/C6H12N2O2S2/c1-7-5(9)3(11)4(12)6(10)8-2/h3-4,11-12H,1-2H3,(H,7,9)(H,8,10). The summed E-state index contributed by atoms with van der Waals surface area (Å²) >= 11 is 7.89.